The summed E-state index contributed by atoms with van der Waals surface area (Å²) in [4.78, 5) is 17.5. The first-order chi connectivity index (χ1) is 18.4. The minimum absolute atomic E-state index is 0.0311. The second kappa shape index (κ2) is 9.61. The van der Waals surface area contributed by atoms with E-state index in [0.29, 0.717) is 22.3 Å². The minimum Gasteiger partial charge on any atom is -0.505 e. The van der Waals surface area contributed by atoms with Crippen molar-refractivity contribution in [2.24, 2.45) is 17.3 Å². The van der Waals surface area contributed by atoms with Crippen LogP contribution in [-0.2, 0) is 17.2 Å². The van der Waals surface area contributed by atoms with Crippen molar-refractivity contribution in [3.63, 3.8) is 0 Å². The molecule has 0 aliphatic rings. The Morgan fingerprint density at radius 2 is 1.69 bits per heavy atom. The maximum Gasteiger partial charge on any atom is 0.296 e. The zero-order chi connectivity index (χ0) is 28.1. The van der Waals surface area contributed by atoms with Crippen molar-refractivity contribution in [2.45, 2.75) is 25.7 Å². The van der Waals surface area contributed by atoms with Gasteiger partial charge in [-0.05, 0) is 73.2 Å². The molecule has 39 heavy (non-hydrogen) atoms. The molecule has 0 fully saturated rings. The van der Waals surface area contributed by atoms with Crippen LogP contribution in [0.4, 0.5) is 17.3 Å². The van der Waals surface area contributed by atoms with Gasteiger partial charge in [0.15, 0.2) is 5.75 Å². The standard InChI is InChI=1S/C28H25N5O5S/c1-15-9-10-21(24(11-15)39(36,37)38)31-32-25-19-8-6-5-7-18(19)14-20(26(25)34)27(35)30-28-29-22-12-16(2)17(3)13-23(22)33(28)4/h5-14,34H,1-4H3,(H,29,30,35)(H,36,37,38). The van der Waals surface area contributed by atoms with E-state index in [9.17, 15) is 22.9 Å². The highest BCUT2D eigenvalue weighted by Gasteiger charge is 2.21. The first-order valence-corrected chi connectivity index (χ1v) is 13.4. The number of anilines is 1. The van der Waals surface area contributed by atoms with Crippen molar-refractivity contribution >= 4 is 55.2 Å². The number of amides is 1. The lowest BCUT2D eigenvalue weighted by atomic mass is 10.0. The van der Waals surface area contributed by atoms with Gasteiger partial charge in [0.25, 0.3) is 16.0 Å². The van der Waals surface area contributed by atoms with E-state index in [1.165, 1.54) is 18.2 Å². The predicted molar refractivity (Wildman–Crippen MR) is 149 cm³/mol. The number of imidazole rings is 1. The highest BCUT2D eigenvalue weighted by molar-refractivity contribution is 7.86. The summed E-state index contributed by atoms with van der Waals surface area (Å²) in [5.41, 5.74) is 4.12. The molecule has 3 N–H and O–H groups in total. The number of fused-ring (bicyclic) bond motifs is 2. The predicted octanol–water partition coefficient (Wildman–Crippen LogP) is 6.27. The van der Waals surface area contributed by atoms with Crippen LogP contribution in [0.3, 0.4) is 0 Å². The molecule has 0 aliphatic carbocycles. The van der Waals surface area contributed by atoms with E-state index in [-0.39, 0.29) is 16.9 Å². The van der Waals surface area contributed by atoms with Crippen LogP contribution in [0.15, 0.2) is 75.8 Å². The first-order valence-electron chi connectivity index (χ1n) is 11.9. The SMILES string of the molecule is Cc1ccc(N=Nc2c(O)c(C(=O)Nc3nc4cc(C)c(C)cc4n3C)cc3ccccc23)c(S(=O)(=O)O)c1. The summed E-state index contributed by atoms with van der Waals surface area (Å²) >= 11 is 0. The van der Waals surface area contributed by atoms with E-state index in [1.54, 1.807) is 48.9 Å². The summed E-state index contributed by atoms with van der Waals surface area (Å²) in [6.45, 7) is 5.66. The number of phenolic OH excluding ortho intramolecular Hbond substituents is 1. The lowest BCUT2D eigenvalue weighted by molar-refractivity contribution is 0.102. The van der Waals surface area contributed by atoms with Crippen molar-refractivity contribution in [3.8, 4) is 5.75 Å². The van der Waals surface area contributed by atoms with Gasteiger partial charge in [-0.15, -0.1) is 10.2 Å². The largest absolute Gasteiger partial charge is 0.505 e. The monoisotopic (exact) mass is 543 g/mol. The van der Waals surface area contributed by atoms with Crippen molar-refractivity contribution in [1.29, 1.82) is 0 Å². The number of carbonyl (C=O) groups excluding carboxylic acids is 1. The summed E-state index contributed by atoms with van der Waals surface area (Å²) < 4.78 is 35.2. The Balaban J connectivity index is 1.59. The topological polar surface area (TPSA) is 146 Å². The zero-order valence-corrected chi connectivity index (χ0v) is 22.4. The maximum atomic E-state index is 13.4. The molecule has 5 aromatic rings. The van der Waals surface area contributed by atoms with Crippen LogP contribution in [0.25, 0.3) is 21.8 Å². The van der Waals surface area contributed by atoms with E-state index >= 15 is 0 Å². The molecule has 0 radical (unpaired) electrons. The van der Waals surface area contributed by atoms with E-state index in [2.05, 4.69) is 20.5 Å². The molecule has 4 aromatic carbocycles. The highest BCUT2D eigenvalue weighted by Crippen LogP contribution is 2.40. The number of azo groups is 1. The highest BCUT2D eigenvalue weighted by atomic mass is 32.2. The Kier molecular flexibility index (Phi) is 6.41. The molecule has 0 unspecified atom stereocenters. The second-order valence-electron chi connectivity index (χ2n) is 9.36. The molecular weight excluding hydrogens is 518 g/mol. The summed E-state index contributed by atoms with van der Waals surface area (Å²) in [6, 6.07) is 16.7. The first kappa shape index (κ1) is 26.0. The Hall–Kier alpha value is -4.61. The normalized spacial score (nSPS) is 12.0. The van der Waals surface area contributed by atoms with Gasteiger partial charge in [0.1, 0.15) is 16.3 Å². The van der Waals surface area contributed by atoms with Gasteiger partial charge in [0.2, 0.25) is 5.95 Å². The van der Waals surface area contributed by atoms with Gasteiger partial charge in [-0.25, -0.2) is 4.98 Å². The molecule has 0 bridgehead atoms. The number of rotatable bonds is 5. The summed E-state index contributed by atoms with van der Waals surface area (Å²) in [6.07, 6.45) is 0. The molecule has 0 aliphatic heterocycles. The number of hydrogen-bond donors (Lipinski definition) is 3. The Labute approximate surface area is 224 Å². The van der Waals surface area contributed by atoms with Crippen molar-refractivity contribution in [3.05, 3.63) is 82.9 Å². The second-order valence-corrected chi connectivity index (χ2v) is 10.8. The van der Waals surface area contributed by atoms with Gasteiger partial charge < -0.3 is 9.67 Å². The van der Waals surface area contributed by atoms with Crippen LogP contribution >= 0.6 is 0 Å². The van der Waals surface area contributed by atoms with E-state index in [0.717, 1.165) is 22.2 Å². The lowest BCUT2D eigenvalue weighted by Gasteiger charge is -2.11. The summed E-state index contributed by atoms with van der Waals surface area (Å²) in [5.74, 6) is -0.760. The van der Waals surface area contributed by atoms with E-state index in [1.807, 2.05) is 26.0 Å². The number of aromatic hydroxyl groups is 1. The summed E-state index contributed by atoms with van der Waals surface area (Å²) in [5, 5.41) is 23.2. The molecule has 0 atom stereocenters. The fourth-order valence-electron chi connectivity index (χ4n) is 4.33. The Morgan fingerprint density at radius 3 is 2.44 bits per heavy atom. The van der Waals surface area contributed by atoms with Gasteiger partial charge in [-0.3, -0.25) is 14.7 Å². The molecule has 5 rings (SSSR count). The van der Waals surface area contributed by atoms with Gasteiger partial charge in [0, 0.05) is 12.4 Å². The van der Waals surface area contributed by atoms with Gasteiger partial charge in [0.05, 0.1) is 16.6 Å². The fraction of sp³-hybridized carbons (Fsp3) is 0.143. The molecule has 1 heterocycles. The van der Waals surface area contributed by atoms with Crippen molar-refractivity contribution in [2.75, 3.05) is 5.32 Å². The number of nitrogens with one attached hydrogen (secondary N) is 1. The number of phenols is 1. The van der Waals surface area contributed by atoms with Gasteiger partial charge >= 0.3 is 0 Å². The van der Waals surface area contributed by atoms with Gasteiger partial charge in [-0.1, -0.05) is 30.3 Å². The smallest absolute Gasteiger partial charge is 0.296 e. The number of aromatic nitrogens is 2. The van der Waals surface area contributed by atoms with Crippen LogP contribution in [0, 0.1) is 20.8 Å². The third-order valence-electron chi connectivity index (χ3n) is 6.61. The Morgan fingerprint density at radius 1 is 0.974 bits per heavy atom. The van der Waals surface area contributed by atoms with Gasteiger partial charge in [-0.2, -0.15) is 8.42 Å². The number of carbonyl (C=O) groups is 1. The van der Waals surface area contributed by atoms with Crippen LogP contribution in [0.2, 0.25) is 0 Å². The average molecular weight is 544 g/mol. The van der Waals surface area contributed by atoms with Crippen molar-refractivity contribution in [1.82, 2.24) is 9.55 Å². The molecule has 10 nitrogen and oxygen atoms in total. The quantitative estimate of drug-likeness (QED) is 0.176. The molecule has 0 saturated heterocycles. The zero-order valence-electron chi connectivity index (χ0n) is 21.6. The van der Waals surface area contributed by atoms with Crippen LogP contribution in [0.5, 0.6) is 5.75 Å². The molecule has 0 spiro atoms. The third kappa shape index (κ3) is 4.85. The molecule has 11 heteroatoms. The van der Waals surface area contributed by atoms with E-state index in [4.69, 9.17) is 0 Å². The molecule has 0 saturated carbocycles. The number of aryl methyl sites for hydroxylation is 4. The average Bonchev–Trinajstić information content (AvgIpc) is 3.17. The number of hydrogen-bond acceptors (Lipinski definition) is 7. The summed E-state index contributed by atoms with van der Waals surface area (Å²) in [7, 11) is -2.79. The van der Waals surface area contributed by atoms with Crippen LogP contribution in [0.1, 0.15) is 27.0 Å². The van der Waals surface area contributed by atoms with E-state index < -0.39 is 26.7 Å². The minimum atomic E-state index is -4.58. The fourth-order valence-corrected chi connectivity index (χ4v) is 5.04. The van der Waals surface area contributed by atoms with Crippen LogP contribution < -0.4 is 5.32 Å². The third-order valence-corrected chi connectivity index (χ3v) is 7.50. The van der Waals surface area contributed by atoms with Crippen molar-refractivity contribution < 1.29 is 22.9 Å². The lowest BCUT2D eigenvalue weighted by Crippen LogP contribution is -2.15. The number of nitrogens with zero attached hydrogens (tertiary/aromatic N) is 4. The Bertz CT molecular complexity index is 1940. The molecule has 1 amide bonds. The number of benzene rings is 4. The molecule has 198 valence electrons. The molecular formula is C28H25N5O5S. The molecule has 1 aromatic heterocycles. The maximum absolute atomic E-state index is 13.4. The van der Waals surface area contributed by atoms with Crippen LogP contribution in [-0.4, -0.2) is 33.5 Å².